The predicted molar refractivity (Wildman–Crippen MR) is 141 cm³/mol. The fourth-order valence-corrected chi connectivity index (χ4v) is 4.81. The number of carbonyl (C=O) groups excluding carboxylic acids is 1. The summed E-state index contributed by atoms with van der Waals surface area (Å²) in [6, 6.07) is 14.8. The highest BCUT2D eigenvalue weighted by Gasteiger charge is 2.45. The molecule has 0 spiro atoms. The Hall–Kier alpha value is -5.34. The highest BCUT2D eigenvalue weighted by Crippen LogP contribution is 2.45. The van der Waals surface area contributed by atoms with Crippen molar-refractivity contribution in [1.29, 1.82) is 0 Å². The lowest BCUT2D eigenvalue weighted by molar-refractivity contribution is -0.286. The molecule has 10 nitrogen and oxygen atoms in total. The van der Waals surface area contributed by atoms with Crippen molar-refractivity contribution in [3.05, 3.63) is 89.2 Å². The lowest BCUT2D eigenvalue weighted by Gasteiger charge is -2.26. The monoisotopic (exact) mass is 617 g/mol. The minimum absolute atomic E-state index is 0.000414. The highest BCUT2D eigenvalue weighted by molar-refractivity contribution is 6.06. The van der Waals surface area contributed by atoms with E-state index in [1.165, 1.54) is 73.8 Å². The molecule has 228 valence electrons. The Labute approximate surface area is 244 Å². The number of ether oxygens (including phenoxy) is 4. The van der Waals surface area contributed by atoms with E-state index in [-0.39, 0.29) is 58.5 Å². The summed E-state index contributed by atoms with van der Waals surface area (Å²) in [5.74, 6) is -2.56. The normalized spacial score (nSPS) is 16.5. The van der Waals surface area contributed by atoms with Gasteiger partial charge in [0.05, 0.1) is 17.9 Å². The van der Waals surface area contributed by atoms with Gasteiger partial charge in [-0.15, -0.1) is 8.78 Å². The van der Waals surface area contributed by atoms with Gasteiger partial charge in [-0.1, -0.05) is 6.07 Å². The van der Waals surface area contributed by atoms with Crippen molar-refractivity contribution in [3.63, 3.8) is 0 Å². The van der Waals surface area contributed by atoms with Crippen molar-refractivity contribution in [2.45, 2.75) is 25.0 Å². The minimum Gasteiger partial charge on any atom is -0.489 e. The second-order valence-corrected chi connectivity index (χ2v) is 9.76. The number of aromatic nitrogens is 2. The van der Waals surface area contributed by atoms with Crippen LogP contribution in [0.1, 0.15) is 44.6 Å². The molecule has 0 saturated carbocycles. The quantitative estimate of drug-likeness (QED) is 0.259. The lowest BCUT2D eigenvalue weighted by Crippen LogP contribution is -2.26. The van der Waals surface area contributed by atoms with E-state index in [2.05, 4.69) is 14.6 Å². The molecule has 2 aliphatic rings. The first-order valence-electron chi connectivity index (χ1n) is 12.9. The molecular formula is C29H20F5N3O7. The van der Waals surface area contributed by atoms with Crippen LogP contribution in [0.4, 0.5) is 27.6 Å². The number of rotatable bonds is 6. The van der Waals surface area contributed by atoms with Crippen molar-refractivity contribution in [1.82, 2.24) is 9.78 Å². The molecule has 0 fully saturated rings. The molecular weight excluding hydrogens is 597 g/mol. The summed E-state index contributed by atoms with van der Waals surface area (Å²) in [6.45, 7) is -0.107. The van der Waals surface area contributed by atoms with E-state index in [1.807, 2.05) is 0 Å². The van der Waals surface area contributed by atoms with Crippen LogP contribution in [0.5, 0.6) is 23.0 Å². The molecule has 1 amide bonds. The maximum absolute atomic E-state index is 14.0. The summed E-state index contributed by atoms with van der Waals surface area (Å²) in [6.07, 6.45) is -9.57. The van der Waals surface area contributed by atoms with Crippen molar-refractivity contribution in [3.8, 4) is 28.7 Å². The first kappa shape index (κ1) is 28.8. The number of carboxylic acids is 1. The Morgan fingerprint density at radius 3 is 2.45 bits per heavy atom. The predicted octanol–water partition coefficient (Wildman–Crippen LogP) is 6.09. The average molecular weight is 617 g/mol. The van der Waals surface area contributed by atoms with Crippen LogP contribution in [-0.4, -0.2) is 46.7 Å². The molecule has 0 bridgehead atoms. The first-order valence-corrected chi connectivity index (χ1v) is 12.9. The van der Waals surface area contributed by atoms with Gasteiger partial charge in [0, 0.05) is 30.8 Å². The maximum Gasteiger partial charge on any atom is 0.586 e. The van der Waals surface area contributed by atoms with Gasteiger partial charge >= 0.3 is 18.4 Å². The number of hydrogen-bond donors (Lipinski definition) is 1. The standard InChI is InChI=1S/C29H20F5N3O7/c1-36(17-7-10-20-22(14-17)44-29(33,34)43-20)26(38)16-3-2-4-18(13-16)37-23-21(42-19-8-5-15(6-9-19)27(39)40)11-12-41-24(23)25(35-37)28(30,31)32/h2-10,13-14,21H,11-12H2,1H3,(H,39,40). The van der Waals surface area contributed by atoms with Gasteiger partial charge in [0.2, 0.25) is 5.69 Å². The van der Waals surface area contributed by atoms with Crippen LogP contribution in [0.2, 0.25) is 0 Å². The SMILES string of the molecule is CN(C(=O)c1cccc(-n2nc(C(F)(F)F)c3c2C(Oc2ccc(C(=O)O)cc2)CCO3)c1)c1ccc2c(c1)OC(F)(F)O2. The molecule has 6 rings (SSSR count). The molecule has 2 aliphatic heterocycles. The molecule has 1 N–H and O–H groups in total. The van der Waals surface area contributed by atoms with Crippen molar-refractivity contribution < 1.29 is 55.6 Å². The Balaban J connectivity index is 1.34. The van der Waals surface area contributed by atoms with Gasteiger partial charge in [0.15, 0.2) is 17.2 Å². The molecule has 1 aromatic heterocycles. The number of hydrogen-bond acceptors (Lipinski definition) is 7. The van der Waals surface area contributed by atoms with E-state index in [0.717, 1.165) is 9.58 Å². The third kappa shape index (κ3) is 5.31. The van der Waals surface area contributed by atoms with E-state index < -0.39 is 41.9 Å². The summed E-state index contributed by atoms with van der Waals surface area (Å²) in [5, 5.41) is 12.9. The van der Waals surface area contributed by atoms with Crippen LogP contribution in [0.15, 0.2) is 66.7 Å². The Morgan fingerprint density at radius 2 is 1.75 bits per heavy atom. The fraction of sp³-hybridized carbons (Fsp3) is 0.207. The number of aromatic carboxylic acids is 1. The van der Waals surface area contributed by atoms with Gasteiger partial charge in [-0.05, 0) is 54.6 Å². The lowest BCUT2D eigenvalue weighted by atomic mass is 10.1. The number of fused-ring (bicyclic) bond motifs is 2. The summed E-state index contributed by atoms with van der Waals surface area (Å²) < 4.78 is 90.2. The Morgan fingerprint density at radius 1 is 1.02 bits per heavy atom. The van der Waals surface area contributed by atoms with Crippen LogP contribution >= 0.6 is 0 Å². The summed E-state index contributed by atoms with van der Waals surface area (Å²) in [5.41, 5.74) is -1.02. The van der Waals surface area contributed by atoms with Crippen LogP contribution in [0.3, 0.4) is 0 Å². The van der Waals surface area contributed by atoms with Gasteiger partial charge in [-0.25, -0.2) is 9.48 Å². The van der Waals surface area contributed by atoms with Gasteiger partial charge in [0.25, 0.3) is 5.91 Å². The van der Waals surface area contributed by atoms with Crippen LogP contribution in [0.25, 0.3) is 5.69 Å². The second-order valence-electron chi connectivity index (χ2n) is 9.76. The smallest absolute Gasteiger partial charge is 0.489 e. The van der Waals surface area contributed by atoms with E-state index in [9.17, 15) is 31.5 Å². The molecule has 0 saturated heterocycles. The molecule has 3 aromatic carbocycles. The maximum atomic E-state index is 14.0. The summed E-state index contributed by atoms with van der Waals surface area (Å²) in [7, 11) is 1.38. The Kier molecular flexibility index (Phi) is 6.82. The Bertz CT molecular complexity index is 1770. The third-order valence-corrected chi connectivity index (χ3v) is 6.87. The number of alkyl halides is 5. The number of carbonyl (C=O) groups is 2. The van der Waals surface area contributed by atoms with Crippen LogP contribution in [0, 0.1) is 0 Å². The molecule has 0 radical (unpaired) electrons. The summed E-state index contributed by atoms with van der Waals surface area (Å²) >= 11 is 0. The van der Waals surface area contributed by atoms with E-state index in [1.54, 1.807) is 0 Å². The number of nitrogens with zero attached hydrogens (tertiary/aromatic N) is 3. The number of anilines is 1. The summed E-state index contributed by atoms with van der Waals surface area (Å²) in [4.78, 5) is 25.7. The molecule has 0 aliphatic carbocycles. The van der Waals surface area contributed by atoms with Crippen molar-refractivity contribution in [2.75, 3.05) is 18.6 Å². The van der Waals surface area contributed by atoms with E-state index in [0.29, 0.717) is 0 Å². The number of benzene rings is 3. The zero-order valence-electron chi connectivity index (χ0n) is 22.5. The minimum atomic E-state index is -4.88. The van der Waals surface area contributed by atoms with Gasteiger partial charge < -0.3 is 29.0 Å². The molecule has 1 atom stereocenters. The van der Waals surface area contributed by atoms with E-state index >= 15 is 0 Å². The molecule has 15 heteroatoms. The highest BCUT2D eigenvalue weighted by atomic mass is 19.4. The van der Waals surface area contributed by atoms with Gasteiger partial charge in [-0.3, -0.25) is 4.79 Å². The first-order chi connectivity index (χ1) is 20.8. The molecule has 44 heavy (non-hydrogen) atoms. The third-order valence-electron chi connectivity index (χ3n) is 6.87. The van der Waals surface area contributed by atoms with Crippen LogP contribution < -0.4 is 23.8 Å². The molecule has 4 aromatic rings. The zero-order valence-corrected chi connectivity index (χ0v) is 22.5. The largest absolute Gasteiger partial charge is 0.586 e. The van der Waals surface area contributed by atoms with Gasteiger partial charge in [-0.2, -0.15) is 18.3 Å². The average Bonchev–Trinajstić information content (AvgIpc) is 3.53. The number of halogens is 5. The second kappa shape index (κ2) is 10.4. The van der Waals surface area contributed by atoms with E-state index in [4.69, 9.17) is 14.6 Å². The molecule has 1 unspecified atom stereocenters. The fourth-order valence-electron chi connectivity index (χ4n) is 4.81. The molecule has 3 heterocycles. The van der Waals surface area contributed by atoms with Crippen molar-refractivity contribution in [2.24, 2.45) is 0 Å². The van der Waals surface area contributed by atoms with Crippen LogP contribution in [-0.2, 0) is 6.18 Å². The topological polar surface area (TPSA) is 112 Å². The number of carboxylic acid groups (broad SMARTS) is 1. The van der Waals surface area contributed by atoms with Gasteiger partial charge in [0.1, 0.15) is 17.5 Å². The zero-order chi connectivity index (χ0) is 31.4. The number of amides is 1. The van der Waals surface area contributed by atoms with Crippen molar-refractivity contribution >= 4 is 17.6 Å².